The lowest BCUT2D eigenvalue weighted by Gasteiger charge is -2.19. The van der Waals surface area contributed by atoms with E-state index in [2.05, 4.69) is 43.1 Å². The van der Waals surface area contributed by atoms with Crippen LogP contribution in [0.4, 0.5) is 5.69 Å². The predicted octanol–water partition coefficient (Wildman–Crippen LogP) is 5.49. The summed E-state index contributed by atoms with van der Waals surface area (Å²) in [6.07, 6.45) is 0. The molecule has 27 heavy (non-hydrogen) atoms. The normalized spacial score (nSPS) is 11.6. The van der Waals surface area contributed by atoms with Gasteiger partial charge in [0.05, 0.1) is 9.82 Å². The third kappa shape index (κ3) is 4.14. The Labute approximate surface area is 166 Å². The number of benzene rings is 2. The zero-order chi connectivity index (χ0) is 19.8. The largest absolute Gasteiger partial charge is 0.305 e. The van der Waals surface area contributed by atoms with E-state index in [0.717, 1.165) is 5.56 Å². The molecule has 0 radical (unpaired) electrons. The molecule has 0 bridgehead atoms. The highest BCUT2D eigenvalue weighted by Crippen LogP contribution is 2.36. The van der Waals surface area contributed by atoms with Crippen molar-refractivity contribution in [3.05, 3.63) is 63.2 Å². The lowest BCUT2D eigenvalue weighted by molar-refractivity contribution is -0.387. The molecular weight excluding hydrogens is 384 g/mol. The Morgan fingerprint density at radius 1 is 1.11 bits per heavy atom. The highest BCUT2D eigenvalue weighted by atomic mass is 35.5. The van der Waals surface area contributed by atoms with Gasteiger partial charge in [0.25, 0.3) is 5.69 Å². The zero-order valence-corrected chi connectivity index (χ0v) is 17.0. The quantitative estimate of drug-likeness (QED) is 0.426. The molecule has 0 amide bonds. The third-order valence-corrected chi connectivity index (χ3v) is 5.50. The van der Waals surface area contributed by atoms with Gasteiger partial charge in [0.1, 0.15) is 0 Å². The van der Waals surface area contributed by atoms with Gasteiger partial charge in [0.2, 0.25) is 0 Å². The van der Waals surface area contributed by atoms with Gasteiger partial charge in [0, 0.05) is 23.7 Å². The number of hydrogen-bond donors (Lipinski definition) is 0. The second-order valence-corrected chi connectivity index (χ2v) is 8.61. The van der Waals surface area contributed by atoms with Crippen LogP contribution in [0.1, 0.15) is 26.3 Å². The summed E-state index contributed by atoms with van der Waals surface area (Å²) in [5.41, 5.74) is 2.20. The lowest BCUT2D eigenvalue weighted by atomic mass is 9.87. The third-order valence-electron chi connectivity index (χ3n) is 4.16. The summed E-state index contributed by atoms with van der Waals surface area (Å²) in [6, 6.07) is 12.8. The minimum Gasteiger partial charge on any atom is -0.305 e. The number of hydrogen-bond acceptors (Lipinski definition) is 5. The van der Waals surface area contributed by atoms with Gasteiger partial charge in [-0.3, -0.25) is 10.1 Å². The fourth-order valence-electron chi connectivity index (χ4n) is 2.59. The molecule has 0 aliphatic carbocycles. The summed E-state index contributed by atoms with van der Waals surface area (Å²) >= 11 is 7.07. The Balaban J connectivity index is 1.92. The van der Waals surface area contributed by atoms with E-state index in [9.17, 15) is 10.1 Å². The molecule has 8 heteroatoms. The van der Waals surface area contributed by atoms with Crippen molar-refractivity contribution in [3.8, 4) is 11.4 Å². The molecule has 1 aromatic heterocycles. The van der Waals surface area contributed by atoms with E-state index < -0.39 is 4.92 Å². The molecule has 0 fully saturated rings. The molecule has 0 spiro atoms. The molecule has 6 nitrogen and oxygen atoms in total. The van der Waals surface area contributed by atoms with Crippen LogP contribution in [0.3, 0.4) is 0 Å². The average molecular weight is 403 g/mol. The van der Waals surface area contributed by atoms with Gasteiger partial charge in [-0.25, -0.2) is 0 Å². The predicted molar refractivity (Wildman–Crippen MR) is 107 cm³/mol. The van der Waals surface area contributed by atoms with Crippen LogP contribution in [0, 0.1) is 10.1 Å². The SMILES string of the molecule is Cn1c(Sc2ccc(Cl)cc2[N+](=O)[O-])nnc1-c1ccc(C(C)(C)C)cc1. The minimum absolute atomic E-state index is 0.0495. The summed E-state index contributed by atoms with van der Waals surface area (Å²) in [4.78, 5) is 11.3. The molecule has 140 valence electrons. The van der Waals surface area contributed by atoms with Crippen LogP contribution >= 0.6 is 23.4 Å². The lowest BCUT2D eigenvalue weighted by Crippen LogP contribution is -2.10. The van der Waals surface area contributed by atoms with E-state index in [0.29, 0.717) is 20.9 Å². The van der Waals surface area contributed by atoms with E-state index in [1.807, 2.05) is 23.7 Å². The number of nitrogens with zero attached hydrogens (tertiary/aromatic N) is 4. The number of nitro benzene ring substituents is 1. The molecule has 0 saturated heterocycles. The number of halogens is 1. The molecule has 1 heterocycles. The molecule has 3 aromatic rings. The molecular formula is C19H19ClN4O2S. The van der Waals surface area contributed by atoms with Crippen LogP contribution in [0.25, 0.3) is 11.4 Å². The van der Waals surface area contributed by atoms with Crippen LogP contribution in [0.15, 0.2) is 52.5 Å². The zero-order valence-electron chi connectivity index (χ0n) is 15.4. The smallest absolute Gasteiger partial charge is 0.284 e. The molecule has 0 N–H and O–H groups in total. The van der Waals surface area contributed by atoms with Crippen LogP contribution in [0.5, 0.6) is 0 Å². The van der Waals surface area contributed by atoms with Gasteiger partial charge >= 0.3 is 0 Å². The molecule has 0 aliphatic heterocycles. The monoisotopic (exact) mass is 402 g/mol. The van der Waals surface area contributed by atoms with E-state index in [4.69, 9.17) is 11.6 Å². The second-order valence-electron chi connectivity index (χ2n) is 7.16. The van der Waals surface area contributed by atoms with E-state index >= 15 is 0 Å². The summed E-state index contributed by atoms with van der Waals surface area (Å²) in [7, 11) is 1.84. The highest BCUT2D eigenvalue weighted by Gasteiger charge is 2.20. The van der Waals surface area contributed by atoms with Crippen molar-refractivity contribution in [1.82, 2.24) is 14.8 Å². The number of nitro groups is 1. The topological polar surface area (TPSA) is 73.8 Å². The van der Waals surface area contributed by atoms with Crippen LogP contribution < -0.4 is 0 Å². The van der Waals surface area contributed by atoms with Crippen molar-refractivity contribution in [1.29, 1.82) is 0 Å². The first-order valence-corrected chi connectivity index (χ1v) is 9.48. The van der Waals surface area contributed by atoms with Gasteiger partial charge < -0.3 is 4.57 Å². The Morgan fingerprint density at radius 3 is 2.37 bits per heavy atom. The highest BCUT2D eigenvalue weighted by molar-refractivity contribution is 7.99. The molecule has 0 saturated carbocycles. The standard InChI is InChI=1S/C19H19ClN4O2S/c1-19(2,3)13-7-5-12(6-8-13)17-21-22-18(23(17)4)27-16-10-9-14(20)11-15(16)24(25)26/h5-11H,1-4H3. The Kier molecular flexibility index (Phi) is 5.26. The van der Waals surface area contributed by atoms with Gasteiger partial charge in [-0.05, 0) is 34.9 Å². The molecule has 0 atom stereocenters. The van der Waals surface area contributed by atoms with Crippen molar-refractivity contribution in [2.75, 3.05) is 0 Å². The maximum Gasteiger partial charge on any atom is 0.284 e. The van der Waals surface area contributed by atoms with Crippen LogP contribution in [-0.2, 0) is 12.5 Å². The second kappa shape index (κ2) is 7.32. The van der Waals surface area contributed by atoms with Crippen molar-refractivity contribution >= 4 is 29.1 Å². The maximum absolute atomic E-state index is 11.3. The van der Waals surface area contributed by atoms with Crippen LogP contribution in [-0.4, -0.2) is 19.7 Å². The Hall–Kier alpha value is -2.38. The van der Waals surface area contributed by atoms with Gasteiger partial charge in [-0.15, -0.1) is 10.2 Å². The van der Waals surface area contributed by atoms with Crippen molar-refractivity contribution in [2.45, 2.75) is 36.2 Å². The fraction of sp³-hybridized carbons (Fsp3) is 0.263. The summed E-state index contributed by atoms with van der Waals surface area (Å²) in [6.45, 7) is 6.49. The van der Waals surface area contributed by atoms with E-state index in [-0.39, 0.29) is 11.1 Å². The van der Waals surface area contributed by atoms with E-state index in [1.54, 1.807) is 12.1 Å². The first-order chi connectivity index (χ1) is 12.7. The van der Waals surface area contributed by atoms with Crippen molar-refractivity contribution in [3.63, 3.8) is 0 Å². The maximum atomic E-state index is 11.3. The first kappa shape index (κ1) is 19.4. The molecule has 2 aromatic carbocycles. The average Bonchev–Trinajstić information content (AvgIpc) is 2.96. The number of rotatable bonds is 4. The first-order valence-electron chi connectivity index (χ1n) is 8.29. The molecule has 0 aliphatic rings. The Bertz CT molecular complexity index is 994. The Morgan fingerprint density at radius 2 is 1.78 bits per heavy atom. The summed E-state index contributed by atoms with van der Waals surface area (Å²) in [5, 5.41) is 20.6. The summed E-state index contributed by atoms with van der Waals surface area (Å²) < 4.78 is 1.83. The van der Waals surface area contributed by atoms with Crippen molar-refractivity contribution < 1.29 is 4.92 Å². The minimum atomic E-state index is -0.448. The fourth-order valence-corrected chi connectivity index (χ4v) is 3.63. The van der Waals surface area contributed by atoms with Gasteiger partial charge in [0.15, 0.2) is 11.0 Å². The molecule has 0 unspecified atom stereocenters. The van der Waals surface area contributed by atoms with Gasteiger partial charge in [-0.2, -0.15) is 0 Å². The summed E-state index contributed by atoms with van der Waals surface area (Å²) in [5.74, 6) is 0.703. The van der Waals surface area contributed by atoms with Crippen LogP contribution in [0.2, 0.25) is 5.02 Å². The van der Waals surface area contributed by atoms with Gasteiger partial charge in [-0.1, -0.05) is 56.6 Å². The number of aromatic nitrogens is 3. The van der Waals surface area contributed by atoms with Crippen molar-refractivity contribution in [2.24, 2.45) is 7.05 Å². The van der Waals surface area contributed by atoms with E-state index in [1.165, 1.54) is 23.4 Å². The molecule has 3 rings (SSSR count).